The molecule has 0 rings (SSSR count). The van der Waals surface area contributed by atoms with Gasteiger partial charge in [0.1, 0.15) is 0 Å². The first-order chi connectivity index (χ1) is 6.95. The van der Waals surface area contributed by atoms with Crippen molar-refractivity contribution in [2.24, 2.45) is 11.8 Å². The van der Waals surface area contributed by atoms with E-state index in [0.29, 0.717) is 6.42 Å². The van der Waals surface area contributed by atoms with Crippen molar-refractivity contribution in [3.8, 4) is 0 Å². The highest BCUT2D eigenvalue weighted by Crippen LogP contribution is 2.02. The zero-order chi connectivity index (χ0) is 11.8. The highest BCUT2D eigenvalue weighted by atomic mass is 16.4. The standard InChI is InChI=1S/C10H19NO4/c1-7(2)3-9(13)11-5-8(6-12)4-10(14)15/h7-8,12H,3-6H2,1-2H3,(H,11,13)(H,14,15). The lowest BCUT2D eigenvalue weighted by Gasteiger charge is -2.13. The van der Waals surface area contributed by atoms with E-state index >= 15 is 0 Å². The first kappa shape index (κ1) is 13.9. The molecule has 0 saturated carbocycles. The predicted octanol–water partition coefficient (Wildman–Crippen LogP) is 0.232. The van der Waals surface area contributed by atoms with Gasteiger partial charge in [0.15, 0.2) is 0 Å². The van der Waals surface area contributed by atoms with E-state index in [9.17, 15) is 9.59 Å². The summed E-state index contributed by atoms with van der Waals surface area (Å²) in [7, 11) is 0. The molecule has 3 N–H and O–H groups in total. The van der Waals surface area contributed by atoms with Crippen LogP contribution in [0, 0.1) is 11.8 Å². The third kappa shape index (κ3) is 7.93. The minimum absolute atomic E-state index is 0.103. The van der Waals surface area contributed by atoms with E-state index in [1.165, 1.54) is 0 Å². The molecule has 0 spiro atoms. The normalized spacial score (nSPS) is 12.5. The molecule has 0 aliphatic carbocycles. The summed E-state index contributed by atoms with van der Waals surface area (Å²) in [5.74, 6) is -1.20. The van der Waals surface area contributed by atoms with Crippen LogP contribution in [0.2, 0.25) is 0 Å². The number of carboxylic acid groups (broad SMARTS) is 1. The highest BCUT2D eigenvalue weighted by molar-refractivity contribution is 5.76. The number of aliphatic carboxylic acids is 1. The smallest absolute Gasteiger partial charge is 0.303 e. The van der Waals surface area contributed by atoms with Crippen LogP contribution in [0.5, 0.6) is 0 Å². The van der Waals surface area contributed by atoms with Gasteiger partial charge in [-0.15, -0.1) is 0 Å². The van der Waals surface area contributed by atoms with Crippen LogP contribution in [0.25, 0.3) is 0 Å². The number of rotatable bonds is 7. The van der Waals surface area contributed by atoms with Gasteiger partial charge in [-0.3, -0.25) is 9.59 Å². The Kier molecular flexibility index (Phi) is 6.70. The number of nitrogens with one attached hydrogen (secondary N) is 1. The number of aliphatic hydroxyl groups excluding tert-OH is 1. The van der Waals surface area contributed by atoms with Crippen molar-refractivity contribution in [3.63, 3.8) is 0 Å². The number of aliphatic hydroxyl groups is 1. The van der Waals surface area contributed by atoms with Crippen LogP contribution in [-0.4, -0.2) is 35.2 Å². The van der Waals surface area contributed by atoms with Gasteiger partial charge < -0.3 is 15.5 Å². The molecule has 0 aromatic heterocycles. The molecule has 0 aliphatic rings. The summed E-state index contributed by atoms with van der Waals surface area (Å²) >= 11 is 0. The molecule has 0 fully saturated rings. The van der Waals surface area contributed by atoms with Crippen LogP contribution < -0.4 is 5.32 Å². The number of amides is 1. The fraction of sp³-hybridized carbons (Fsp3) is 0.800. The molecule has 88 valence electrons. The molecule has 0 aromatic carbocycles. The van der Waals surface area contributed by atoms with Gasteiger partial charge in [0.25, 0.3) is 0 Å². The van der Waals surface area contributed by atoms with Gasteiger partial charge in [0.05, 0.1) is 6.42 Å². The Balaban J connectivity index is 3.79. The summed E-state index contributed by atoms with van der Waals surface area (Å²) < 4.78 is 0. The maximum absolute atomic E-state index is 11.2. The third-order valence-electron chi connectivity index (χ3n) is 1.90. The Bertz CT molecular complexity index is 215. The second kappa shape index (κ2) is 7.23. The molecule has 0 saturated heterocycles. The molecule has 1 atom stereocenters. The summed E-state index contributed by atoms with van der Waals surface area (Å²) in [6, 6.07) is 0. The van der Waals surface area contributed by atoms with Crippen LogP contribution in [0.4, 0.5) is 0 Å². The Labute approximate surface area is 89.5 Å². The molecule has 1 amide bonds. The Morgan fingerprint density at radius 3 is 2.27 bits per heavy atom. The number of carbonyl (C=O) groups excluding carboxylic acids is 1. The molecular formula is C10H19NO4. The highest BCUT2D eigenvalue weighted by Gasteiger charge is 2.13. The van der Waals surface area contributed by atoms with Gasteiger partial charge in [-0.1, -0.05) is 13.8 Å². The molecule has 0 bridgehead atoms. The van der Waals surface area contributed by atoms with E-state index in [0.717, 1.165) is 0 Å². The first-order valence-corrected chi connectivity index (χ1v) is 5.05. The molecular weight excluding hydrogens is 198 g/mol. The molecule has 0 radical (unpaired) electrons. The zero-order valence-electron chi connectivity index (χ0n) is 9.19. The van der Waals surface area contributed by atoms with Crippen molar-refractivity contribution in [2.75, 3.05) is 13.2 Å². The summed E-state index contributed by atoms with van der Waals surface area (Å²) in [6.45, 7) is 3.85. The SMILES string of the molecule is CC(C)CC(=O)NCC(CO)CC(=O)O. The number of carboxylic acids is 1. The van der Waals surface area contributed by atoms with Crippen LogP contribution in [0.15, 0.2) is 0 Å². The largest absolute Gasteiger partial charge is 0.481 e. The molecule has 1 unspecified atom stereocenters. The van der Waals surface area contributed by atoms with Gasteiger partial charge in [0.2, 0.25) is 5.91 Å². The molecule has 15 heavy (non-hydrogen) atoms. The molecule has 0 aromatic rings. The third-order valence-corrected chi connectivity index (χ3v) is 1.90. The number of hydrogen-bond acceptors (Lipinski definition) is 3. The lowest BCUT2D eigenvalue weighted by atomic mass is 10.1. The fourth-order valence-corrected chi connectivity index (χ4v) is 1.15. The van der Waals surface area contributed by atoms with E-state index in [4.69, 9.17) is 10.2 Å². The lowest BCUT2D eigenvalue weighted by Crippen LogP contribution is -2.32. The van der Waals surface area contributed by atoms with Crippen LogP contribution >= 0.6 is 0 Å². The topological polar surface area (TPSA) is 86.6 Å². The zero-order valence-corrected chi connectivity index (χ0v) is 9.19. The van der Waals surface area contributed by atoms with Crippen LogP contribution in [0.3, 0.4) is 0 Å². The van der Waals surface area contributed by atoms with Gasteiger partial charge in [-0.25, -0.2) is 0 Å². The van der Waals surface area contributed by atoms with E-state index in [2.05, 4.69) is 5.32 Å². The van der Waals surface area contributed by atoms with Crippen molar-refractivity contribution in [1.29, 1.82) is 0 Å². The average molecular weight is 217 g/mol. The second-order valence-corrected chi connectivity index (χ2v) is 4.05. The first-order valence-electron chi connectivity index (χ1n) is 5.05. The fourth-order valence-electron chi connectivity index (χ4n) is 1.15. The van der Waals surface area contributed by atoms with Gasteiger partial charge in [-0.05, 0) is 5.92 Å². The summed E-state index contributed by atoms with van der Waals surface area (Å²) in [5, 5.41) is 20.0. The van der Waals surface area contributed by atoms with E-state index in [1.54, 1.807) is 0 Å². The molecule has 0 aliphatic heterocycles. The van der Waals surface area contributed by atoms with Gasteiger partial charge >= 0.3 is 5.97 Å². The van der Waals surface area contributed by atoms with Gasteiger partial charge in [-0.2, -0.15) is 0 Å². The Morgan fingerprint density at radius 1 is 1.27 bits per heavy atom. The second-order valence-electron chi connectivity index (χ2n) is 4.05. The molecule has 0 heterocycles. The maximum Gasteiger partial charge on any atom is 0.303 e. The van der Waals surface area contributed by atoms with E-state index in [-0.39, 0.29) is 31.4 Å². The van der Waals surface area contributed by atoms with Crippen LogP contribution in [0.1, 0.15) is 26.7 Å². The van der Waals surface area contributed by atoms with Gasteiger partial charge in [0, 0.05) is 25.5 Å². The lowest BCUT2D eigenvalue weighted by molar-refractivity contribution is -0.138. The molecule has 5 heteroatoms. The quantitative estimate of drug-likeness (QED) is 0.570. The van der Waals surface area contributed by atoms with E-state index < -0.39 is 11.9 Å². The van der Waals surface area contributed by atoms with Crippen molar-refractivity contribution in [1.82, 2.24) is 5.32 Å². The van der Waals surface area contributed by atoms with Crippen LogP contribution in [-0.2, 0) is 9.59 Å². The van der Waals surface area contributed by atoms with Crippen molar-refractivity contribution in [2.45, 2.75) is 26.7 Å². The summed E-state index contributed by atoms with van der Waals surface area (Å²) in [6.07, 6.45) is 0.295. The van der Waals surface area contributed by atoms with Crippen molar-refractivity contribution >= 4 is 11.9 Å². The summed E-state index contributed by atoms with van der Waals surface area (Å²) in [5.41, 5.74) is 0. The minimum Gasteiger partial charge on any atom is -0.481 e. The average Bonchev–Trinajstić information content (AvgIpc) is 2.10. The molecule has 5 nitrogen and oxygen atoms in total. The number of hydrogen-bond donors (Lipinski definition) is 3. The van der Waals surface area contributed by atoms with Crippen molar-refractivity contribution in [3.05, 3.63) is 0 Å². The Morgan fingerprint density at radius 2 is 1.87 bits per heavy atom. The maximum atomic E-state index is 11.2. The van der Waals surface area contributed by atoms with Crippen molar-refractivity contribution < 1.29 is 19.8 Å². The van der Waals surface area contributed by atoms with E-state index in [1.807, 2.05) is 13.8 Å². The number of carbonyl (C=O) groups is 2. The minimum atomic E-state index is -0.966. The summed E-state index contributed by atoms with van der Waals surface area (Å²) in [4.78, 5) is 21.6. The monoisotopic (exact) mass is 217 g/mol. The Hall–Kier alpha value is -1.10. The predicted molar refractivity (Wildman–Crippen MR) is 55.3 cm³/mol.